The number of allylic oxidation sites excluding steroid dienone is 2. The van der Waals surface area contributed by atoms with Crippen LogP contribution in [-0.4, -0.2) is 15.2 Å². The van der Waals surface area contributed by atoms with Gasteiger partial charge in [0.05, 0.1) is 6.07 Å². The molecular formula is C9H11NOS. The van der Waals surface area contributed by atoms with Crippen LogP contribution in [0.1, 0.15) is 12.8 Å². The van der Waals surface area contributed by atoms with E-state index in [1.165, 1.54) is 0 Å². The van der Waals surface area contributed by atoms with Gasteiger partial charge in [-0.05, 0) is 18.8 Å². The molecule has 3 heteroatoms. The highest BCUT2D eigenvalue weighted by molar-refractivity contribution is 7.86. The van der Waals surface area contributed by atoms with E-state index in [0.29, 0.717) is 5.92 Å². The zero-order chi connectivity index (χ0) is 8.77. The van der Waals surface area contributed by atoms with E-state index in [4.69, 9.17) is 5.26 Å². The third-order valence-electron chi connectivity index (χ3n) is 3.04. The van der Waals surface area contributed by atoms with E-state index in [2.05, 4.69) is 18.2 Å². The molecule has 0 N–H and O–H groups in total. The monoisotopic (exact) mass is 181 g/mol. The van der Waals surface area contributed by atoms with E-state index in [0.717, 1.165) is 12.8 Å². The van der Waals surface area contributed by atoms with Gasteiger partial charge in [-0.2, -0.15) is 5.26 Å². The normalized spacial score (nSPS) is 46.0. The quantitative estimate of drug-likeness (QED) is 0.571. The number of hydrogen-bond acceptors (Lipinski definition) is 2. The molecule has 0 aromatic rings. The van der Waals surface area contributed by atoms with Gasteiger partial charge in [-0.1, -0.05) is 12.2 Å². The molecule has 0 amide bonds. The van der Waals surface area contributed by atoms with Crippen molar-refractivity contribution in [1.82, 2.24) is 0 Å². The van der Waals surface area contributed by atoms with Crippen LogP contribution in [0, 0.1) is 23.2 Å². The van der Waals surface area contributed by atoms with E-state index in [-0.39, 0.29) is 5.92 Å². The molecule has 2 rings (SSSR count). The fraction of sp³-hybridized carbons (Fsp3) is 0.667. The van der Waals surface area contributed by atoms with Crippen molar-refractivity contribution < 1.29 is 4.21 Å². The van der Waals surface area contributed by atoms with Crippen LogP contribution >= 0.6 is 0 Å². The van der Waals surface area contributed by atoms with E-state index >= 15 is 0 Å². The number of hydrogen-bond donors (Lipinski definition) is 0. The van der Waals surface area contributed by atoms with Gasteiger partial charge in [0, 0.05) is 23.0 Å². The van der Waals surface area contributed by atoms with Gasteiger partial charge < -0.3 is 0 Å². The molecule has 2 aliphatic rings. The van der Waals surface area contributed by atoms with Crippen molar-refractivity contribution in [3.63, 3.8) is 0 Å². The van der Waals surface area contributed by atoms with Crippen molar-refractivity contribution in [1.29, 1.82) is 5.26 Å². The van der Waals surface area contributed by atoms with Crippen molar-refractivity contribution in [2.45, 2.75) is 17.6 Å². The number of nitrogens with zero attached hydrogens (tertiary/aromatic N) is 1. The summed E-state index contributed by atoms with van der Waals surface area (Å²) in [4.78, 5) is 0. The summed E-state index contributed by atoms with van der Waals surface area (Å²) in [5, 5.41) is 9.03. The van der Waals surface area contributed by atoms with Gasteiger partial charge in [0.1, 0.15) is 4.75 Å². The Morgan fingerprint density at radius 3 is 2.67 bits per heavy atom. The van der Waals surface area contributed by atoms with Crippen LogP contribution in [-0.2, 0) is 10.8 Å². The lowest BCUT2D eigenvalue weighted by Crippen LogP contribution is -2.36. The van der Waals surface area contributed by atoms with E-state index < -0.39 is 15.5 Å². The summed E-state index contributed by atoms with van der Waals surface area (Å²) in [5.74, 6) is 0.761. The van der Waals surface area contributed by atoms with Crippen molar-refractivity contribution in [3.8, 4) is 6.07 Å². The van der Waals surface area contributed by atoms with Crippen LogP contribution in [0.2, 0.25) is 0 Å². The van der Waals surface area contributed by atoms with Gasteiger partial charge in [0.2, 0.25) is 0 Å². The molecule has 0 aliphatic heterocycles. The molecule has 2 nitrogen and oxygen atoms in total. The zero-order valence-electron chi connectivity index (χ0n) is 6.99. The van der Waals surface area contributed by atoms with E-state index in [1.54, 1.807) is 6.26 Å². The van der Waals surface area contributed by atoms with Crippen LogP contribution in [0.4, 0.5) is 0 Å². The van der Waals surface area contributed by atoms with Crippen LogP contribution in [0.25, 0.3) is 0 Å². The second kappa shape index (κ2) is 2.43. The minimum atomic E-state index is -1.01. The molecule has 0 radical (unpaired) electrons. The second-order valence-corrected chi connectivity index (χ2v) is 5.28. The first-order chi connectivity index (χ1) is 5.69. The largest absolute Gasteiger partial charge is 0.258 e. The maximum atomic E-state index is 11.4. The predicted molar refractivity (Wildman–Crippen MR) is 47.8 cm³/mol. The summed E-state index contributed by atoms with van der Waals surface area (Å²) >= 11 is 0. The third kappa shape index (κ3) is 0.818. The molecule has 4 atom stereocenters. The van der Waals surface area contributed by atoms with Crippen LogP contribution in [0.3, 0.4) is 0 Å². The van der Waals surface area contributed by atoms with Gasteiger partial charge in [0.15, 0.2) is 0 Å². The minimum absolute atomic E-state index is 0.248. The molecule has 0 heterocycles. The molecule has 0 saturated heterocycles. The molecule has 2 aliphatic carbocycles. The maximum absolute atomic E-state index is 11.4. The average molecular weight is 181 g/mol. The first-order valence-corrected chi connectivity index (χ1v) is 5.68. The van der Waals surface area contributed by atoms with Gasteiger partial charge in [-0.25, -0.2) is 0 Å². The molecule has 1 unspecified atom stereocenters. The Hall–Kier alpha value is -0.620. The Labute approximate surface area is 74.7 Å². The first kappa shape index (κ1) is 8.00. The molecule has 0 aromatic heterocycles. The highest BCUT2D eigenvalue weighted by Crippen LogP contribution is 2.48. The first-order valence-electron chi connectivity index (χ1n) is 4.12. The van der Waals surface area contributed by atoms with Crippen LogP contribution < -0.4 is 0 Å². The van der Waals surface area contributed by atoms with Gasteiger partial charge >= 0.3 is 0 Å². The van der Waals surface area contributed by atoms with E-state index in [1.807, 2.05) is 0 Å². The Morgan fingerprint density at radius 2 is 2.42 bits per heavy atom. The maximum Gasteiger partial charge on any atom is 0.138 e. The summed E-state index contributed by atoms with van der Waals surface area (Å²) < 4.78 is 10.9. The van der Waals surface area contributed by atoms with Crippen molar-refractivity contribution in [3.05, 3.63) is 12.2 Å². The van der Waals surface area contributed by atoms with Crippen LogP contribution in [0.5, 0.6) is 0 Å². The molecule has 64 valence electrons. The van der Waals surface area contributed by atoms with Gasteiger partial charge in [-0.3, -0.25) is 4.21 Å². The summed E-state index contributed by atoms with van der Waals surface area (Å²) in [6.07, 6.45) is 7.71. The molecule has 2 bridgehead atoms. The highest BCUT2D eigenvalue weighted by atomic mass is 32.2. The number of fused-ring (bicyclic) bond motifs is 2. The summed E-state index contributed by atoms with van der Waals surface area (Å²) in [6.45, 7) is 0. The second-order valence-electron chi connectivity index (χ2n) is 3.65. The molecule has 0 spiro atoms. The molecule has 1 fully saturated rings. The Balaban J connectivity index is 2.40. The molecule has 0 aromatic carbocycles. The number of nitriles is 1. The zero-order valence-corrected chi connectivity index (χ0v) is 7.80. The van der Waals surface area contributed by atoms with E-state index in [9.17, 15) is 4.21 Å². The Kier molecular flexibility index (Phi) is 1.62. The van der Waals surface area contributed by atoms with Gasteiger partial charge in [0.25, 0.3) is 0 Å². The minimum Gasteiger partial charge on any atom is -0.258 e. The fourth-order valence-corrected chi connectivity index (χ4v) is 3.51. The Bertz CT molecular complexity index is 304. The molecule has 12 heavy (non-hydrogen) atoms. The van der Waals surface area contributed by atoms with Crippen LogP contribution in [0.15, 0.2) is 12.2 Å². The highest BCUT2D eigenvalue weighted by Gasteiger charge is 2.51. The summed E-state index contributed by atoms with van der Waals surface area (Å²) in [6, 6.07) is 2.26. The summed E-state index contributed by atoms with van der Waals surface area (Å²) in [7, 11) is -1.01. The number of rotatable bonds is 1. The smallest absolute Gasteiger partial charge is 0.138 e. The fourth-order valence-electron chi connectivity index (χ4n) is 2.34. The molecular weight excluding hydrogens is 170 g/mol. The predicted octanol–water partition coefficient (Wildman–Crippen LogP) is 1.22. The standard InChI is InChI=1S/C9H11NOS/c1-12(11)9(6-10)5-7-2-3-8(9)4-7/h2-3,7-8H,4-5H2,1H3/t7-,8+,9+,12?/m0/s1. The van der Waals surface area contributed by atoms with Gasteiger partial charge in [-0.15, -0.1) is 0 Å². The SMILES string of the molecule is CS(=O)[C@@]1(C#N)C[C@H]2C=C[C@@H]1C2. The lowest BCUT2D eigenvalue weighted by atomic mass is 9.94. The topological polar surface area (TPSA) is 40.9 Å². The van der Waals surface area contributed by atoms with Crippen molar-refractivity contribution >= 4 is 10.8 Å². The lowest BCUT2D eigenvalue weighted by molar-refractivity contribution is 0.577. The van der Waals surface area contributed by atoms with Crippen molar-refractivity contribution in [2.75, 3.05) is 6.26 Å². The van der Waals surface area contributed by atoms with Crippen molar-refractivity contribution in [2.24, 2.45) is 11.8 Å². The molecule has 1 saturated carbocycles. The lowest BCUT2D eigenvalue weighted by Gasteiger charge is -2.25. The Morgan fingerprint density at radius 1 is 1.67 bits per heavy atom. The summed E-state index contributed by atoms with van der Waals surface area (Å²) in [5.41, 5.74) is 0. The average Bonchev–Trinajstić information content (AvgIpc) is 2.62. The third-order valence-corrected chi connectivity index (χ3v) is 4.63.